The van der Waals surface area contributed by atoms with E-state index >= 15 is 0 Å². The monoisotopic (exact) mass is 305 g/mol. The lowest BCUT2D eigenvalue weighted by atomic mass is 10.1. The molecule has 1 atom stereocenters. The van der Waals surface area contributed by atoms with Gasteiger partial charge in [0, 0.05) is 14.6 Å². The summed E-state index contributed by atoms with van der Waals surface area (Å²) >= 11 is 3.76. The molecule has 0 saturated heterocycles. The van der Waals surface area contributed by atoms with Gasteiger partial charge in [0.2, 0.25) is 0 Å². The zero-order chi connectivity index (χ0) is 14.4. The first kappa shape index (κ1) is 15.6. The molecule has 1 nitrogen and oxygen atoms in total. The molecule has 3 heteroatoms. The van der Waals surface area contributed by atoms with Gasteiger partial charge in [-0.05, 0) is 49.4 Å². The van der Waals surface area contributed by atoms with Crippen molar-refractivity contribution >= 4 is 23.1 Å². The Labute approximate surface area is 130 Å². The number of thioether (sulfide) groups is 1. The van der Waals surface area contributed by atoms with E-state index in [-0.39, 0.29) is 0 Å². The van der Waals surface area contributed by atoms with Crippen LogP contribution in [-0.4, -0.2) is 12.8 Å². The molecule has 2 aromatic rings. The fourth-order valence-corrected chi connectivity index (χ4v) is 3.98. The number of aryl methyl sites for hydroxylation is 1. The molecule has 1 aromatic heterocycles. The van der Waals surface area contributed by atoms with Crippen LogP contribution in [0.3, 0.4) is 0 Å². The highest BCUT2D eigenvalue weighted by molar-refractivity contribution is 7.98. The van der Waals surface area contributed by atoms with Gasteiger partial charge in [-0.3, -0.25) is 0 Å². The van der Waals surface area contributed by atoms with E-state index in [2.05, 4.69) is 61.8 Å². The fourth-order valence-electron chi connectivity index (χ4n) is 2.30. The molecule has 1 aromatic carbocycles. The highest BCUT2D eigenvalue weighted by atomic mass is 32.2. The maximum absolute atomic E-state index is 3.71. The molecule has 0 fully saturated rings. The number of hydrogen-bond donors (Lipinski definition) is 1. The van der Waals surface area contributed by atoms with E-state index in [4.69, 9.17) is 0 Å². The quantitative estimate of drug-likeness (QED) is 0.712. The smallest absolute Gasteiger partial charge is 0.0682 e. The fraction of sp³-hybridized carbons (Fsp3) is 0.412. The van der Waals surface area contributed by atoms with E-state index in [1.807, 2.05) is 23.1 Å². The lowest BCUT2D eigenvalue weighted by molar-refractivity contribution is 0.599. The van der Waals surface area contributed by atoms with Gasteiger partial charge in [-0.25, -0.2) is 0 Å². The summed E-state index contributed by atoms with van der Waals surface area (Å²) < 4.78 is 0. The number of thiophene rings is 1. The van der Waals surface area contributed by atoms with Gasteiger partial charge in [0.15, 0.2) is 0 Å². The summed E-state index contributed by atoms with van der Waals surface area (Å²) in [5, 5.41) is 3.71. The van der Waals surface area contributed by atoms with Crippen LogP contribution in [0.25, 0.3) is 0 Å². The van der Waals surface area contributed by atoms with Crippen LogP contribution in [-0.2, 0) is 6.42 Å². The van der Waals surface area contributed by atoms with Gasteiger partial charge >= 0.3 is 0 Å². The minimum atomic E-state index is 0.323. The minimum Gasteiger partial charge on any atom is -0.306 e. The average molecular weight is 306 g/mol. The summed E-state index contributed by atoms with van der Waals surface area (Å²) in [6, 6.07) is 13.6. The van der Waals surface area contributed by atoms with Crippen LogP contribution in [0.1, 0.15) is 41.6 Å². The standard InChI is InChI=1S/C17H23NS2/c1-4-12-18-17(16-11-10-13(5-2)20-16)14-8-6-7-9-15(14)19-3/h6-11,17-18H,4-5,12H2,1-3H3. The van der Waals surface area contributed by atoms with E-state index in [1.165, 1.54) is 20.2 Å². The Bertz CT molecular complexity index is 533. The van der Waals surface area contributed by atoms with Crippen LogP contribution in [0.15, 0.2) is 41.3 Å². The maximum atomic E-state index is 3.71. The van der Waals surface area contributed by atoms with Crippen molar-refractivity contribution in [2.75, 3.05) is 12.8 Å². The van der Waals surface area contributed by atoms with E-state index < -0.39 is 0 Å². The predicted octanol–water partition coefficient (Wildman–Crippen LogP) is 5.12. The normalized spacial score (nSPS) is 12.6. The molecule has 0 amide bonds. The van der Waals surface area contributed by atoms with Gasteiger partial charge < -0.3 is 5.32 Å². The number of benzene rings is 1. The Balaban J connectivity index is 2.35. The number of rotatable bonds is 7. The molecule has 0 bridgehead atoms. The third kappa shape index (κ3) is 3.66. The molecule has 1 N–H and O–H groups in total. The summed E-state index contributed by atoms with van der Waals surface area (Å²) in [6.07, 6.45) is 4.43. The van der Waals surface area contributed by atoms with Crippen molar-refractivity contribution in [2.45, 2.75) is 37.6 Å². The van der Waals surface area contributed by atoms with E-state index in [1.54, 1.807) is 0 Å². The first-order valence-electron chi connectivity index (χ1n) is 7.25. The van der Waals surface area contributed by atoms with Crippen LogP contribution in [0.5, 0.6) is 0 Å². The highest BCUT2D eigenvalue weighted by Crippen LogP contribution is 2.33. The van der Waals surface area contributed by atoms with Crippen molar-refractivity contribution in [3.63, 3.8) is 0 Å². The van der Waals surface area contributed by atoms with Crippen LogP contribution >= 0.6 is 23.1 Å². The number of nitrogens with one attached hydrogen (secondary N) is 1. The van der Waals surface area contributed by atoms with Gasteiger partial charge in [0.1, 0.15) is 0 Å². The molecular formula is C17H23NS2. The topological polar surface area (TPSA) is 12.0 Å². The summed E-state index contributed by atoms with van der Waals surface area (Å²) in [5.41, 5.74) is 1.40. The van der Waals surface area contributed by atoms with Crippen LogP contribution in [0, 0.1) is 0 Å². The summed E-state index contributed by atoms with van der Waals surface area (Å²) in [4.78, 5) is 4.26. The maximum Gasteiger partial charge on any atom is 0.0682 e. The molecule has 0 radical (unpaired) electrons. The van der Waals surface area contributed by atoms with Gasteiger partial charge in [-0.15, -0.1) is 23.1 Å². The third-order valence-electron chi connectivity index (χ3n) is 3.36. The van der Waals surface area contributed by atoms with Gasteiger partial charge in [-0.2, -0.15) is 0 Å². The largest absolute Gasteiger partial charge is 0.306 e. The van der Waals surface area contributed by atoms with Crippen molar-refractivity contribution in [3.05, 3.63) is 51.7 Å². The molecular weight excluding hydrogens is 282 g/mol. The second-order valence-electron chi connectivity index (χ2n) is 4.79. The van der Waals surface area contributed by atoms with Crippen LogP contribution in [0.2, 0.25) is 0 Å². The Hall–Kier alpha value is -0.770. The molecule has 1 heterocycles. The first-order valence-corrected chi connectivity index (χ1v) is 9.29. The van der Waals surface area contributed by atoms with E-state index in [0.717, 1.165) is 19.4 Å². The van der Waals surface area contributed by atoms with Gasteiger partial charge in [-0.1, -0.05) is 32.0 Å². The zero-order valence-electron chi connectivity index (χ0n) is 12.5. The summed E-state index contributed by atoms with van der Waals surface area (Å²) in [7, 11) is 0. The number of hydrogen-bond acceptors (Lipinski definition) is 3. The summed E-state index contributed by atoms with van der Waals surface area (Å²) in [5.74, 6) is 0. The van der Waals surface area contributed by atoms with Crippen molar-refractivity contribution in [1.82, 2.24) is 5.32 Å². The SMILES string of the molecule is CCCNC(c1ccc(CC)s1)c1ccccc1SC. The highest BCUT2D eigenvalue weighted by Gasteiger charge is 2.18. The Morgan fingerprint density at radius 2 is 1.95 bits per heavy atom. The minimum absolute atomic E-state index is 0.323. The van der Waals surface area contributed by atoms with E-state index in [9.17, 15) is 0 Å². The molecule has 0 aliphatic rings. The molecule has 0 saturated carbocycles. The molecule has 1 unspecified atom stereocenters. The molecule has 0 spiro atoms. The second kappa shape index (κ2) is 7.87. The molecule has 2 rings (SSSR count). The lowest BCUT2D eigenvalue weighted by Gasteiger charge is -2.20. The van der Waals surface area contributed by atoms with Crippen molar-refractivity contribution in [1.29, 1.82) is 0 Å². The molecule has 20 heavy (non-hydrogen) atoms. The predicted molar refractivity (Wildman–Crippen MR) is 92.1 cm³/mol. The average Bonchev–Trinajstić information content (AvgIpc) is 2.97. The molecule has 0 aliphatic heterocycles. The first-order chi connectivity index (χ1) is 9.80. The second-order valence-corrected chi connectivity index (χ2v) is 6.83. The van der Waals surface area contributed by atoms with Crippen LogP contribution in [0.4, 0.5) is 0 Å². The zero-order valence-corrected chi connectivity index (χ0v) is 14.1. The van der Waals surface area contributed by atoms with E-state index in [0.29, 0.717) is 6.04 Å². The Morgan fingerprint density at radius 1 is 1.15 bits per heavy atom. The van der Waals surface area contributed by atoms with Crippen LogP contribution < -0.4 is 5.32 Å². The molecule has 108 valence electrons. The third-order valence-corrected chi connectivity index (χ3v) is 5.47. The summed E-state index contributed by atoms with van der Waals surface area (Å²) in [6.45, 7) is 5.49. The Kier molecular flexibility index (Phi) is 6.14. The van der Waals surface area contributed by atoms with Gasteiger partial charge in [0.25, 0.3) is 0 Å². The Morgan fingerprint density at radius 3 is 2.60 bits per heavy atom. The molecule has 0 aliphatic carbocycles. The van der Waals surface area contributed by atoms with Crippen molar-refractivity contribution in [3.8, 4) is 0 Å². The van der Waals surface area contributed by atoms with Crippen molar-refractivity contribution in [2.24, 2.45) is 0 Å². The lowest BCUT2D eigenvalue weighted by Crippen LogP contribution is -2.22. The van der Waals surface area contributed by atoms with Gasteiger partial charge in [0.05, 0.1) is 6.04 Å². The van der Waals surface area contributed by atoms with Crippen molar-refractivity contribution < 1.29 is 0 Å².